The first-order valence-corrected chi connectivity index (χ1v) is 7.77. The first-order valence-electron chi connectivity index (χ1n) is 7.77. The number of methoxy groups -OCH3 is 1. The second kappa shape index (κ2) is 7.53. The third kappa shape index (κ3) is 3.89. The van der Waals surface area contributed by atoms with E-state index in [0.29, 0.717) is 6.42 Å². The van der Waals surface area contributed by atoms with Crippen LogP contribution in [0.5, 0.6) is 11.5 Å². The molecule has 0 aliphatic carbocycles. The monoisotopic (exact) mass is 278 g/mol. The van der Waals surface area contributed by atoms with Gasteiger partial charge in [-0.3, -0.25) is 0 Å². The number of aliphatic hydroxyl groups is 1. The molecule has 0 radical (unpaired) electrons. The highest BCUT2D eigenvalue weighted by Crippen LogP contribution is 2.38. The number of benzene rings is 1. The molecule has 1 N–H and O–H groups in total. The molecule has 1 aromatic carbocycles. The Kier molecular flexibility index (Phi) is 5.72. The fourth-order valence-electron chi connectivity index (χ4n) is 2.78. The third-order valence-electron chi connectivity index (χ3n) is 3.99. The average molecular weight is 278 g/mol. The van der Waals surface area contributed by atoms with Crippen LogP contribution in [0.2, 0.25) is 0 Å². The minimum atomic E-state index is -0.412. The van der Waals surface area contributed by atoms with Crippen molar-refractivity contribution in [1.82, 2.24) is 0 Å². The minimum absolute atomic E-state index is 0.131. The molecule has 0 aromatic heterocycles. The lowest BCUT2D eigenvalue weighted by molar-refractivity contribution is 0.0602. The van der Waals surface area contributed by atoms with Crippen molar-refractivity contribution in [3.63, 3.8) is 0 Å². The Hall–Kier alpha value is -1.22. The lowest BCUT2D eigenvalue weighted by Crippen LogP contribution is -2.25. The van der Waals surface area contributed by atoms with E-state index in [1.54, 1.807) is 7.11 Å². The molecule has 0 spiro atoms. The predicted octanol–water partition coefficient (Wildman–Crippen LogP) is 4.24. The SMILES string of the molecule is CCCCCCCC1C[C@H](O)c2ccc(OC)cc2O1. The third-order valence-corrected chi connectivity index (χ3v) is 3.99. The van der Waals surface area contributed by atoms with E-state index < -0.39 is 6.10 Å². The number of hydrogen-bond donors (Lipinski definition) is 1. The van der Waals surface area contributed by atoms with Crippen molar-refractivity contribution < 1.29 is 14.6 Å². The zero-order valence-electron chi connectivity index (χ0n) is 12.6. The molecule has 0 bridgehead atoms. The summed E-state index contributed by atoms with van der Waals surface area (Å²) in [6, 6.07) is 5.65. The van der Waals surface area contributed by atoms with Crippen LogP contribution in [0.3, 0.4) is 0 Å². The molecular formula is C17H26O3. The van der Waals surface area contributed by atoms with Crippen LogP contribution in [0.15, 0.2) is 18.2 Å². The molecule has 0 saturated carbocycles. The molecule has 2 rings (SSSR count). The van der Waals surface area contributed by atoms with Gasteiger partial charge in [0.2, 0.25) is 0 Å². The largest absolute Gasteiger partial charge is 0.497 e. The van der Waals surface area contributed by atoms with E-state index in [1.165, 1.54) is 32.1 Å². The molecule has 0 amide bonds. The number of rotatable bonds is 7. The van der Waals surface area contributed by atoms with Gasteiger partial charge in [0.1, 0.15) is 17.6 Å². The Labute approximate surface area is 121 Å². The Balaban J connectivity index is 1.89. The second-order valence-corrected chi connectivity index (χ2v) is 5.60. The highest BCUT2D eigenvalue weighted by atomic mass is 16.5. The lowest BCUT2D eigenvalue weighted by Gasteiger charge is -2.30. The number of hydrogen-bond acceptors (Lipinski definition) is 3. The van der Waals surface area contributed by atoms with Crippen molar-refractivity contribution >= 4 is 0 Å². The van der Waals surface area contributed by atoms with Gasteiger partial charge in [0.15, 0.2) is 0 Å². The number of unbranched alkanes of at least 4 members (excludes halogenated alkanes) is 4. The van der Waals surface area contributed by atoms with Crippen LogP contribution in [0.4, 0.5) is 0 Å². The van der Waals surface area contributed by atoms with Crippen LogP contribution in [-0.4, -0.2) is 18.3 Å². The first kappa shape index (κ1) is 15.2. The van der Waals surface area contributed by atoms with Crippen LogP contribution in [0.1, 0.15) is 63.5 Å². The smallest absolute Gasteiger partial charge is 0.129 e. The predicted molar refractivity (Wildman–Crippen MR) is 80.4 cm³/mol. The van der Waals surface area contributed by atoms with Crippen molar-refractivity contribution in [2.24, 2.45) is 0 Å². The van der Waals surface area contributed by atoms with Crippen molar-refractivity contribution in [3.8, 4) is 11.5 Å². The second-order valence-electron chi connectivity index (χ2n) is 5.60. The molecule has 1 aromatic rings. The molecule has 112 valence electrons. The maximum absolute atomic E-state index is 10.2. The number of aliphatic hydroxyl groups excluding tert-OH is 1. The molecule has 0 fully saturated rings. The lowest BCUT2D eigenvalue weighted by atomic mass is 9.96. The molecule has 1 aliphatic rings. The van der Waals surface area contributed by atoms with Gasteiger partial charge >= 0.3 is 0 Å². The Morgan fingerprint density at radius 1 is 1.25 bits per heavy atom. The quantitative estimate of drug-likeness (QED) is 0.758. The van der Waals surface area contributed by atoms with Crippen molar-refractivity contribution in [3.05, 3.63) is 23.8 Å². The summed E-state index contributed by atoms with van der Waals surface area (Å²) >= 11 is 0. The van der Waals surface area contributed by atoms with Gasteiger partial charge in [-0.05, 0) is 25.0 Å². The van der Waals surface area contributed by atoms with Gasteiger partial charge in [0, 0.05) is 18.1 Å². The van der Waals surface area contributed by atoms with E-state index in [2.05, 4.69) is 6.92 Å². The van der Waals surface area contributed by atoms with Crippen LogP contribution in [-0.2, 0) is 0 Å². The van der Waals surface area contributed by atoms with Gasteiger partial charge in [0.05, 0.1) is 13.2 Å². The van der Waals surface area contributed by atoms with Crippen molar-refractivity contribution in [1.29, 1.82) is 0 Å². The van der Waals surface area contributed by atoms with Crippen LogP contribution < -0.4 is 9.47 Å². The van der Waals surface area contributed by atoms with E-state index in [9.17, 15) is 5.11 Å². The Morgan fingerprint density at radius 3 is 2.80 bits per heavy atom. The maximum Gasteiger partial charge on any atom is 0.129 e. The van der Waals surface area contributed by atoms with E-state index in [4.69, 9.17) is 9.47 Å². The summed E-state index contributed by atoms with van der Waals surface area (Å²) in [6.45, 7) is 2.23. The van der Waals surface area contributed by atoms with Crippen LogP contribution in [0.25, 0.3) is 0 Å². The normalized spacial score (nSPS) is 21.1. The first-order chi connectivity index (χ1) is 9.74. The molecular weight excluding hydrogens is 252 g/mol. The van der Waals surface area contributed by atoms with Crippen LogP contribution in [0, 0.1) is 0 Å². The molecule has 0 saturated heterocycles. The van der Waals surface area contributed by atoms with Crippen molar-refractivity contribution in [2.75, 3.05) is 7.11 Å². The maximum atomic E-state index is 10.2. The van der Waals surface area contributed by atoms with E-state index in [1.807, 2.05) is 18.2 Å². The van der Waals surface area contributed by atoms with Crippen molar-refractivity contribution in [2.45, 2.75) is 64.1 Å². The summed E-state index contributed by atoms with van der Waals surface area (Å²) in [5.41, 5.74) is 0.882. The van der Waals surface area contributed by atoms with Crippen LogP contribution >= 0.6 is 0 Å². The standard InChI is InChI=1S/C17H26O3/c1-3-4-5-6-7-8-14-11-16(18)15-10-9-13(19-2)12-17(15)20-14/h9-10,12,14,16,18H,3-8,11H2,1-2H3/t14?,16-/m0/s1. The molecule has 1 aliphatic heterocycles. The summed E-state index contributed by atoms with van der Waals surface area (Å²) < 4.78 is 11.2. The summed E-state index contributed by atoms with van der Waals surface area (Å²) in [5, 5.41) is 10.2. The topological polar surface area (TPSA) is 38.7 Å². The zero-order chi connectivity index (χ0) is 14.4. The van der Waals surface area contributed by atoms with Gasteiger partial charge < -0.3 is 14.6 Å². The average Bonchev–Trinajstić information content (AvgIpc) is 2.46. The molecule has 1 heterocycles. The highest BCUT2D eigenvalue weighted by molar-refractivity contribution is 5.43. The Bertz CT molecular complexity index is 417. The van der Waals surface area contributed by atoms with Gasteiger partial charge in [-0.2, -0.15) is 0 Å². The molecule has 20 heavy (non-hydrogen) atoms. The van der Waals surface area contributed by atoms with Gasteiger partial charge in [-0.25, -0.2) is 0 Å². The summed E-state index contributed by atoms with van der Waals surface area (Å²) in [6.07, 6.45) is 7.77. The van der Waals surface area contributed by atoms with E-state index in [-0.39, 0.29) is 6.10 Å². The van der Waals surface area contributed by atoms with E-state index in [0.717, 1.165) is 23.5 Å². The fourth-order valence-corrected chi connectivity index (χ4v) is 2.78. The Morgan fingerprint density at radius 2 is 2.05 bits per heavy atom. The molecule has 1 unspecified atom stereocenters. The van der Waals surface area contributed by atoms with Gasteiger partial charge in [-0.1, -0.05) is 32.6 Å². The number of ether oxygens (including phenoxy) is 2. The molecule has 3 heteroatoms. The minimum Gasteiger partial charge on any atom is -0.497 e. The summed E-state index contributed by atoms with van der Waals surface area (Å²) in [5.74, 6) is 1.56. The van der Waals surface area contributed by atoms with Gasteiger partial charge in [-0.15, -0.1) is 0 Å². The molecule has 3 nitrogen and oxygen atoms in total. The summed E-state index contributed by atoms with van der Waals surface area (Å²) in [4.78, 5) is 0. The zero-order valence-corrected chi connectivity index (χ0v) is 12.6. The summed E-state index contributed by atoms with van der Waals surface area (Å²) in [7, 11) is 1.65. The van der Waals surface area contributed by atoms with E-state index >= 15 is 0 Å². The fraction of sp³-hybridized carbons (Fsp3) is 0.647. The highest BCUT2D eigenvalue weighted by Gasteiger charge is 2.26. The number of fused-ring (bicyclic) bond motifs is 1. The van der Waals surface area contributed by atoms with Gasteiger partial charge in [0.25, 0.3) is 0 Å². The molecule has 2 atom stereocenters.